The molecule has 1 heterocycles. The van der Waals surface area contributed by atoms with Crippen LogP contribution >= 0.6 is 0 Å². The topological polar surface area (TPSA) is 59.4 Å². The summed E-state index contributed by atoms with van der Waals surface area (Å²) in [5, 5.41) is 9.33. The second kappa shape index (κ2) is 4.60. The summed E-state index contributed by atoms with van der Waals surface area (Å²) in [6, 6.07) is 1.53. The normalized spacial score (nSPS) is 9.86. The highest BCUT2D eigenvalue weighted by Crippen LogP contribution is 2.14. The SMILES string of the molecule is CCOC(=O)Cc1cnc(C)c(O)c1. The van der Waals surface area contributed by atoms with Crippen LogP contribution in [0.3, 0.4) is 0 Å². The molecule has 0 saturated heterocycles. The molecule has 14 heavy (non-hydrogen) atoms. The number of ether oxygens (including phenoxy) is 1. The predicted molar refractivity (Wildman–Crippen MR) is 51.0 cm³/mol. The minimum atomic E-state index is -0.308. The first-order valence-corrected chi connectivity index (χ1v) is 4.43. The molecule has 0 radical (unpaired) electrons. The van der Waals surface area contributed by atoms with Crippen molar-refractivity contribution < 1.29 is 14.6 Å². The summed E-state index contributed by atoms with van der Waals surface area (Å²) in [6.45, 7) is 3.82. The van der Waals surface area contributed by atoms with Gasteiger partial charge in [-0.3, -0.25) is 9.78 Å². The lowest BCUT2D eigenvalue weighted by molar-refractivity contribution is -0.142. The Hall–Kier alpha value is -1.58. The molecule has 1 aromatic rings. The molecule has 4 heteroatoms. The average molecular weight is 195 g/mol. The molecule has 0 atom stereocenters. The first-order chi connectivity index (χ1) is 6.63. The molecule has 4 nitrogen and oxygen atoms in total. The van der Waals surface area contributed by atoms with Gasteiger partial charge in [0.05, 0.1) is 18.7 Å². The van der Waals surface area contributed by atoms with Gasteiger partial charge in [-0.05, 0) is 25.5 Å². The van der Waals surface area contributed by atoms with Crippen molar-refractivity contribution in [3.8, 4) is 5.75 Å². The maximum absolute atomic E-state index is 11.1. The Morgan fingerprint density at radius 1 is 1.64 bits per heavy atom. The van der Waals surface area contributed by atoms with E-state index >= 15 is 0 Å². The van der Waals surface area contributed by atoms with Crippen LogP contribution < -0.4 is 0 Å². The first kappa shape index (κ1) is 10.5. The zero-order valence-corrected chi connectivity index (χ0v) is 8.28. The third-order valence-corrected chi connectivity index (χ3v) is 1.77. The molecule has 0 aliphatic carbocycles. The Labute approximate surface area is 82.5 Å². The molecule has 0 saturated carbocycles. The minimum Gasteiger partial charge on any atom is -0.506 e. The molecule has 0 aromatic carbocycles. The number of carbonyl (C=O) groups excluding carboxylic acids is 1. The summed E-state index contributed by atoms with van der Waals surface area (Å²) >= 11 is 0. The molecule has 0 bridgehead atoms. The first-order valence-electron chi connectivity index (χ1n) is 4.43. The van der Waals surface area contributed by atoms with Crippen molar-refractivity contribution in [2.24, 2.45) is 0 Å². The number of hydrogen-bond acceptors (Lipinski definition) is 4. The predicted octanol–water partition coefficient (Wildman–Crippen LogP) is 1.20. The molecule has 1 rings (SSSR count). The van der Waals surface area contributed by atoms with E-state index < -0.39 is 0 Å². The Morgan fingerprint density at radius 2 is 2.36 bits per heavy atom. The maximum Gasteiger partial charge on any atom is 0.310 e. The number of hydrogen-bond donors (Lipinski definition) is 1. The van der Waals surface area contributed by atoms with Gasteiger partial charge in [0.15, 0.2) is 0 Å². The summed E-state index contributed by atoms with van der Waals surface area (Å²) in [5.74, 6) is -0.204. The lowest BCUT2D eigenvalue weighted by Crippen LogP contribution is -2.07. The van der Waals surface area contributed by atoms with Crippen LogP contribution in [-0.2, 0) is 16.0 Å². The zero-order valence-electron chi connectivity index (χ0n) is 8.28. The van der Waals surface area contributed by atoms with E-state index in [1.807, 2.05) is 0 Å². The van der Waals surface area contributed by atoms with Crippen LogP contribution in [0.5, 0.6) is 5.75 Å². The maximum atomic E-state index is 11.1. The van der Waals surface area contributed by atoms with E-state index in [2.05, 4.69) is 4.98 Å². The minimum absolute atomic E-state index is 0.104. The van der Waals surface area contributed by atoms with Gasteiger partial charge < -0.3 is 9.84 Å². The number of aromatic nitrogens is 1. The van der Waals surface area contributed by atoms with E-state index in [0.29, 0.717) is 17.9 Å². The zero-order chi connectivity index (χ0) is 10.6. The van der Waals surface area contributed by atoms with E-state index in [1.165, 1.54) is 6.07 Å². The Bertz CT molecular complexity index is 336. The van der Waals surface area contributed by atoms with Crippen LogP contribution in [0.15, 0.2) is 12.3 Å². The van der Waals surface area contributed by atoms with Crippen molar-refractivity contribution in [3.63, 3.8) is 0 Å². The number of nitrogens with zero attached hydrogens (tertiary/aromatic N) is 1. The summed E-state index contributed by atoms with van der Waals surface area (Å²) in [7, 11) is 0. The van der Waals surface area contributed by atoms with Gasteiger partial charge in [0.2, 0.25) is 0 Å². The number of aromatic hydroxyl groups is 1. The van der Waals surface area contributed by atoms with E-state index in [-0.39, 0.29) is 18.1 Å². The van der Waals surface area contributed by atoms with Crippen LogP contribution in [0.1, 0.15) is 18.2 Å². The molecule has 0 spiro atoms. The molecular formula is C10H13NO3. The van der Waals surface area contributed by atoms with Crippen LogP contribution in [0.25, 0.3) is 0 Å². The highest BCUT2D eigenvalue weighted by molar-refractivity contribution is 5.72. The van der Waals surface area contributed by atoms with E-state index in [4.69, 9.17) is 4.74 Å². The van der Waals surface area contributed by atoms with Crippen molar-refractivity contribution in [1.82, 2.24) is 4.98 Å². The number of rotatable bonds is 3. The van der Waals surface area contributed by atoms with Crippen LogP contribution in [0.4, 0.5) is 0 Å². The number of esters is 1. The second-order valence-corrected chi connectivity index (χ2v) is 2.93. The van der Waals surface area contributed by atoms with E-state index in [0.717, 1.165) is 0 Å². The molecule has 0 fully saturated rings. The van der Waals surface area contributed by atoms with Crippen molar-refractivity contribution in [1.29, 1.82) is 0 Å². The second-order valence-electron chi connectivity index (χ2n) is 2.93. The van der Waals surface area contributed by atoms with Gasteiger partial charge in [0.1, 0.15) is 5.75 Å². The van der Waals surface area contributed by atoms with E-state index in [9.17, 15) is 9.90 Å². The summed E-state index contributed by atoms with van der Waals surface area (Å²) in [6.07, 6.45) is 1.71. The third-order valence-electron chi connectivity index (χ3n) is 1.77. The quantitative estimate of drug-likeness (QED) is 0.736. The standard InChI is InChI=1S/C10H13NO3/c1-3-14-10(13)5-8-4-9(12)7(2)11-6-8/h4,6,12H,3,5H2,1-2H3. The smallest absolute Gasteiger partial charge is 0.310 e. The van der Waals surface area contributed by atoms with Crippen molar-refractivity contribution in [3.05, 3.63) is 23.5 Å². The highest BCUT2D eigenvalue weighted by Gasteiger charge is 2.06. The van der Waals surface area contributed by atoms with Gasteiger partial charge in [-0.15, -0.1) is 0 Å². The largest absolute Gasteiger partial charge is 0.506 e. The van der Waals surface area contributed by atoms with Gasteiger partial charge in [-0.1, -0.05) is 0 Å². The fourth-order valence-electron chi connectivity index (χ4n) is 1.04. The fourth-order valence-corrected chi connectivity index (χ4v) is 1.04. The van der Waals surface area contributed by atoms with Crippen LogP contribution in [-0.4, -0.2) is 22.7 Å². The summed E-state index contributed by atoms with van der Waals surface area (Å²) in [5.41, 5.74) is 1.21. The monoisotopic (exact) mass is 195 g/mol. The molecule has 76 valence electrons. The van der Waals surface area contributed by atoms with Crippen molar-refractivity contribution in [2.45, 2.75) is 20.3 Å². The van der Waals surface area contributed by atoms with Crippen LogP contribution in [0, 0.1) is 6.92 Å². The summed E-state index contributed by atoms with van der Waals surface area (Å²) in [4.78, 5) is 15.0. The molecule has 0 aliphatic heterocycles. The third kappa shape index (κ3) is 2.73. The van der Waals surface area contributed by atoms with E-state index in [1.54, 1.807) is 20.0 Å². The van der Waals surface area contributed by atoms with Gasteiger partial charge >= 0.3 is 5.97 Å². The molecule has 1 N–H and O–H groups in total. The van der Waals surface area contributed by atoms with Gasteiger partial charge in [0.25, 0.3) is 0 Å². The van der Waals surface area contributed by atoms with Crippen molar-refractivity contribution >= 4 is 5.97 Å². The Morgan fingerprint density at radius 3 is 2.93 bits per heavy atom. The van der Waals surface area contributed by atoms with Crippen molar-refractivity contribution in [2.75, 3.05) is 6.61 Å². The molecule has 0 aliphatic rings. The molecule has 0 amide bonds. The van der Waals surface area contributed by atoms with Gasteiger partial charge in [0, 0.05) is 6.20 Å². The Kier molecular flexibility index (Phi) is 3.45. The number of pyridine rings is 1. The van der Waals surface area contributed by atoms with Gasteiger partial charge in [-0.2, -0.15) is 0 Å². The molecule has 1 aromatic heterocycles. The number of carbonyl (C=O) groups is 1. The average Bonchev–Trinajstić information content (AvgIpc) is 2.12. The Balaban J connectivity index is 2.68. The lowest BCUT2D eigenvalue weighted by atomic mass is 10.2. The van der Waals surface area contributed by atoms with Crippen LogP contribution in [0.2, 0.25) is 0 Å². The summed E-state index contributed by atoms with van der Waals surface area (Å²) < 4.78 is 4.77. The molecular weight excluding hydrogens is 182 g/mol. The highest BCUT2D eigenvalue weighted by atomic mass is 16.5. The lowest BCUT2D eigenvalue weighted by Gasteiger charge is -2.03. The fraction of sp³-hybridized carbons (Fsp3) is 0.400. The van der Waals surface area contributed by atoms with Gasteiger partial charge in [-0.25, -0.2) is 0 Å². The molecule has 0 unspecified atom stereocenters. The number of aryl methyl sites for hydroxylation is 1.